The predicted octanol–water partition coefficient (Wildman–Crippen LogP) is 6.29. The van der Waals surface area contributed by atoms with E-state index in [0.717, 1.165) is 11.1 Å². The van der Waals surface area contributed by atoms with Crippen LogP contribution in [0, 0.1) is 17.3 Å². The molecule has 0 aliphatic heterocycles. The number of tetrazole rings is 1. The van der Waals surface area contributed by atoms with Gasteiger partial charge in [0, 0.05) is 22.4 Å². The van der Waals surface area contributed by atoms with Gasteiger partial charge in [-0.15, -0.1) is 5.10 Å². The molecule has 6 nitrogen and oxygen atoms in total. The van der Waals surface area contributed by atoms with Crippen molar-refractivity contribution >= 4 is 40.7 Å². The van der Waals surface area contributed by atoms with Crippen LogP contribution in [0.4, 0.5) is 0 Å². The molecule has 0 saturated heterocycles. The molecular weight excluding hydrogens is 515 g/mol. The Morgan fingerprint density at radius 2 is 2.03 bits per heavy atom. The summed E-state index contributed by atoms with van der Waals surface area (Å²) >= 11 is 14.2. The minimum atomic E-state index is -0.340. The molecule has 1 saturated carbocycles. The van der Waals surface area contributed by atoms with Crippen LogP contribution in [-0.2, 0) is 16.0 Å². The maximum absolute atomic E-state index is 12.7. The number of hydrogen-bond donors (Lipinski definition) is 0. The van der Waals surface area contributed by atoms with Gasteiger partial charge in [0.25, 0.3) is 0 Å². The van der Waals surface area contributed by atoms with E-state index in [9.17, 15) is 4.79 Å². The van der Waals surface area contributed by atoms with Crippen LogP contribution in [0.1, 0.15) is 49.3 Å². The Morgan fingerprint density at radius 1 is 1.22 bits per heavy atom. The molecule has 2 aromatic carbocycles. The van der Waals surface area contributed by atoms with Crippen LogP contribution >= 0.6 is 35.0 Å². The minimum Gasteiger partial charge on any atom is -0.505 e. The molecule has 36 heavy (non-hydrogen) atoms. The van der Waals surface area contributed by atoms with Crippen LogP contribution in [0.15, 0.2) is 53.9 Å². The lowest BCUT2D eigenvalue weighted by Gasteiger charge is -2.10. The van der Waals surface area contributed by atoms with Gasteiger partial charge in [-0.2, -0.15) is 4.68 Å². The average Bonchev–Trinajstić information content (AvgIpc) is 3.60. The van der Waals surface area contributed by atoms with Crippen LogP contribution in [0.3, 0.4) is 0 Å². The van der Waals surface area contributed by atoms with E-state index in [4.69, 9.17) is 27.9 Å². The number of ether oxygens (including phenoxy) is 1. The molecule has 0 atom stereocenters. The van der Waals surface area contributed by atoms with Crippen molar-refractivity contribution in [3.8, 4) is 17.5 Å². The zero-order chi connectivity index (χ0) is 25.7. The molecule has 1 heterocycles. The molecule has 1 aliphatic carbocycles. The Labute approximate surface area is 225 Å². The molecule has 0 unspecified atom stereocenters. The monoisotopic (exact) mass is 540 g/mol. The summed E-state index contributed by atoms with van der Waals surface area (Å²) in [5, 5.41) is 13.5. The highest BCUT2D eigenvalue weighted by molar-refractivity contribution is 7.99. The molecule has 0 bridgehead atoms. The number of halogens is 2. The van der Waals surface area contributed by atoms with Gasteiger partial charge in [0.15, 0.2) is 0 Å². The second-order valence-corrected chi connectivity index (χ2v) is 10.9. The number of carbonyl (C=O) groups excluding carboxylic acids is 1. The summed E-state index contributed by atoms with van der Waals surface area (Å²) in [5.74, 6) is 7.14. The van der Waals surface area contributed by atoms with Crippen LogP contribution in [0.2, 0.25) is 10.0 Å². The third kappa shape index (κ3) is 6.91. The molecule has 4 rings (SSSR count). The van der Waals surface area contributed by atoms with Gasteiger partial charge >= 0.3 is 0 Å². The summed E-state index contributed by atoms with van der Waals surface area (Å²) in [7, 11) is 1.60. The molecule has 9 heteroatoms. The van der Waals surface area contributed by atoms with Crippen LogP contribution in [0.25, 0.3) is 5.69 Å². The number of nitrogens with zero attached hydrogens (tertiary/aromatic N) is 4. The van der Waals surface area contributed by atoms with Crippen molar-refractivity contribution < 1.29 is 9.53 Å². The Balaban J connectivity index is 1.37. The normalized spacial score (nSPS) is 13.5. The number of methoxy groups -OCH3 is 1. The summed E-state index contributed by atoms with van der Waals surface area (Å²) in [5.41, 5.74) is 3.13. The molecule has 1 aromatic heterocycles. The van der Waals surface area contributed by atoms with Gasteiger partial charge in [-0.25, -0.2) is 0 Å². The fourth-order valence-electron chi connectivity index (χ4n) is 3.48. The van der Waals surface area contributed by atoms with Crippen molar-refractivity contribution in [1.29, 1.82) is 0 Å². The standard InChI is InChI=1S/C27H26Cl2N4O2S/c1-27(2,12-13-35-3)11-10-18-4-5-21(23(28)14-18)15-22(34)17-36-26-30-31-32-33(26)25-9-8-20(16-24(25)29)19-6-7-19/h4-5,8-9,12-14,16,19H,6-7,15,17H2,1-3H3/b13-12+. The number of ketones is 1. The van der Waals surface area contributed by atoms with E-state index in [1.807, 2.05) is 44.2 Å². The number of Topliss-reactive ketones (excluding diaryl/α,β-unsaturated/α-hetero) is 1. The Bertz CT molecular complexity index is 1350. The highest BCUT2D eigenvalue weighted by Gasteiger charge is 2.24. The molecular formula is C27H26Cl2N4O2S. The van der Waals surface area contributed by atoms with Gasteiger partial charge < -0.3 is 4.74 Å². The van der Waals surface area contributed by atoms with E-state index in [-0.39, 0.29) is 23.4 Å². The molecule has 186 valence electrons. The second kappa shape index (κ2) is 11.5. The first-order valence-electron chi connectivity index (χ1n) is 11.5. The van der Waals surface area contributed by atoms with Crippen molar-refractivity contribution in [3.05, 3.63) is 75.5 Å². The Morgan fingerprint density at radius 3 is 2.72 bits per heavy atom. The van der Waals surface area contributed by atoms with Crippen molar-refractivity contribution in [1.82, 2.24) is 20.2 Å². The number of carbonyl (C=O) groups is 1. The lowest BCUT2D eigenvalue weighted by atomic mass is 9.94. The van der Waals surface area contributed by atoms with Gasteiger partial charge in [-0.1, -0.05) is 58.9 Å². The molecule has 3 aromatic rings. The molecule has 1 fully saturated rings. The maximum atomic E-state index is 12.7. The van der Waals surface area contributed by atoms with Crippen LogP contribution in [0.5, 0.6) is 0 Å². The lowest BCUT2D eigenvalue weighted by molar-refractivity contribution is -0.116. The van der Waals surface area contributed by atoms with Crippen molar-refractivity contribution in [2.75, 3.05) is 12.9 Å². The first-order valence-corrected chi connectivity index (χ1v) is 13.2. The smallest absolute Gasteiger partial charge is 0.214 e. The third-order valence-electron chi connectivity index (χ3n) is 5.64. The first kappa shape index (κ1) is 26.3. The van der Waals surface area contributed by atoms with Gasteiger partial charge in [0.05, 0.1) is 29.8 Å². The fraction of sp³-hybridized carbons (Fsp3) is 0.333. The Kier molecular flexibility index (Phi) is 8.40. The highest BCUT2D eigenvalue weighted by atomic mass is 35.5. The van der Waals surface area contributed by atoms with Crippen LogP contribution < -0.4 is 0 Å². The van der Waals surface area contributed by atoms with Gasteiger partial charge in [0.2, 0.25) is 5.16 Å². The SMILES string of the molecule is CO/C=C/C(C)(C)C#Cc1ccc(CC(=O)CSc2nnnn2-c2ccc(C3CC3)cc2Cl)c(Cl)c1. The molecule has 1 aliphatic rings. The average molecular weight is 542 g/mol. The zero-order valence-electron chi connectivity index (χ0n) is 20.3. The van der Waals surface area contributed by atoms with E-state index >= 15 is 0 Å². The number of aromatic nitrogens is 4. The number of allylic oxidation sites excluding steroid dienone is 1. The largest absolute Gasteiger partial charge is 0.505 e. The summed E-state index contributed by atoms with van der Waals surface area (Å²) in [6.07, 6.45) is 6.12. The third-order valence-corrected chi connectivity index (χ3v) is 7.28. The maximum Gasteiger partial charge on any atom is 0.214 e. The predicted molar refractivity (Wildman–Crippen MR) is 144 cm³/mol. The van der Waals surface area contributed by atoms with E-state index in [1.165, 1.54) is 30.2 Å². The van der Waals surface area contributed by atoms with E-state index in [1.54, 1.807) is 24.1 Å². The van der Waals surface area contributed by atoms with Gasteiger partial charge in [-0.3, -0.25) is 4.79 Å². The van der Waals surface area contributed by atoms with Crippen LogP contribution in [-0.4, -0.2) is 38.9 Å². The lowest BCUT2D eigenvalue weighted by Crippen LogP contribution is -2.08. The second-order valence-electron chi connectivity index (χ2n) is 9.18. The summed E-state index contributed by atoms with van der Waals surface area (Å²) in [6, 6.07) is 11.5. The van der Waals surface area contributed by atoms with Crippen molar-refractivity contribution in [3.63, 3.8) is 0 Å². The van der Waals surface area contributed by atoms with Gasteiger partial charge in [0.1, 0.15) is 5.78 Å². The van der Waals surface area contributed by atoms with Crippen molar-refractivity contribution in [2.24, 2.45) is 5.41 Å². The van der Waals surface area contributed by atoms with E-state index < -0.39 is 0 Å². The highest BCUT2D eigenvalue weighted by Crippen LogP contribution is 2.41. The minimum absolute atomic E-state index is 0.0105. The van der Waals surface area contributed by atoms with Gasteiger partial charge in [-0.05, 0) is 84.5 Å². The van der Waals surface area contributed by atoms with E-state index in [0.29, 0.717) is 26.8 Å². The summed E-state index contributed by atoms with van der Waals surface area (Å²) < 4.78 is 6.54. The zero-order valence-corrected chi connectivity index (χ0v) is 22.6. The fourth-order valence-corrected chi connectivity index (χ4v) is 4.74. The number of hydrogen-bond acceptors (Lipinski definition) is 6. The van der Waals surface area contributed by atoms with Crippen molar-refractivity contribution in [2.45, 2.75) is 44.2 Å². The molecule has 0 spiro atoms. The molecule has 0 amide bonds. The number of benzene rings is 2. The number of rotatable bonds is 9. The molecule has 0 N–H and O–H groups in total. The molecule has 0 radical (unpaired) electrons. The quantitative estimate of drug-likeness (QED) is 0.180. The number of thioether (sulfide) groups is 1. The topological polar surface area (TPSA) is 69.9 Å². The van der Waals surface area contributed by atoms with E-state index in [2.05, 4.69) is 33.4 Å². The Hall–Kier alpha value is -2.79. The summed E-state index contributed by atoms with van der Waals surface area (Å²) in [4.78, 5) is 12.7. The first-order chi connectivity index (χ1) is 17.3. The summed E-state index contributed by atoms with van der Waals surface area (Å²) in [6.45, 7) is 3.99.